The summed E-state index contributed by atoms with van der Waals surface area (Å²) in [7, 11) is 0. The first-order chi connectivity index (χ1) is 7.63. The fraction of sp³-hybridized carbons (Fsp3) is 0.417. The molecule has 0 unspecified atom stereocenters. The summed E-state index contributed by atoms with van der Waals surface area (Å²) in [4.78, 5) is 12.7. The van der Waals surface area contributed by atoms with Gasteiger partial charge in [0.2, 0.25) is 0 Å². The first-order valence-electron chi connectivity index (χ1n) is 5.35. The summed E-state index contributed by atoms with van der Waals surface area (Å²) in [5.74, 6) is -0.139. The summed E-state index contributed by atoms with van der Waals surface area (Å²) in [6, 6.07) is 7.12. The van der Waals surface area contributed by atoms with Gasteiger partial charge in [0.05, 0.1) is 6.42 Å². The van der Waals surface area contributed by atoms with Crippen LogP contribution in [0.15, 0.2) is 24.3 Å². The number of aliphatic carboxylic acids is 1. The van der Waals surface area contributed by atoms with Crippen molar-refractivity contribution < 1.29 is 15.0 Å². The van der Waals surface area contributed by atoms with Gasteiger partial charge in [-0.3, -0.25) is 9.69 Å². The van der Waals surface area contributed by atoms with E-state index in [2.05, 4.69) is 4.90 Å². The van der Waals surface area contributed by atoms with Crippen LogP contribution in [-0.4, -0.2) is 34.2 Å². The number of rotatable bonds is 4. The zero-order valence-corrected chi connectivity index (χ0v) is 8.97. The minimum absolute atomic E-state index is 0.270. The number of benzene rings is 1. The quantitative estimate of drug-likeness (QED) is 0.804. The fourth-order valence-corrected chi connectivity index (χ4v) is 2.04. The molecular weight excluding hydrogens is 206 g/mol. The van der Waals surface area contributed by atoms with Gasteiger partial charge in [-0.25, -0.2) is 0 Å². The average molecular weight is 221 g/mol. The number of aromatic hydroxyl groups is 1. The summed E-state index contributed by atoms with van der Waals surface area (Å²) < 4.78 is 0. The Labute approximate surface area is 94.1 Å². The number of nitrogens with zero attached hydrogens (tertiary/aromatic N) is 1. The van der Waals surface area contributed by atoms with Crippen molar-refractivity contribution in [1.82, 2.24) is 4.90 Å². The van der Waals surface area contributed by atoms with Crippen LogP contribution in [0.3, 0.4) is 0 Å². The van der Waals surface area contributed by atoms with Crippen LogP contribution in [0.5, 0.6) is 5.75 Å². The molecule has 1 saturated heterocycles. The van der Waals surface area contributed by atoms with Gasteiger partial charge >= 0.3 is 5.97 Å². The van der Waals surface area contributed by atoms with Gasteiger partial charge < -0.3 is 10.2 Å². The Bertz CT molecular complexity index is 368. The highest BCUT2D eigenvalue weighted by molar-refractivity contribution is 5.67. The highest BCUT2D eigenvalue weighted by atomic mass is 16.4. The van der Waals surface area contributed by atoms with Crippen LogP contribution in [0, 0.1) is 5.92 Å². The van der Waals surface area contributed by atoms with E-state index in [0.29, 0.717) is 5.92 Å². The van der Waals surface area contributed by atoms with Gasteiger partial charge in [0.15, 0.2) is 0 Å². The molecule has 0 spiro atoms. The lowest BCUT2D eigenvalue weighted by Crippen LogP contribution is -2.46. The summed E-state index contributed by atoms with van der Waals surface area (Å²) in [5.41, 5.74) is 1.14. The minimum Gasteiger partial charge on any atom is -0.508 e. The smallest absolute Gasteiger partial charge is 0.303 e. The van der Waals surface area contributed by atoms with Crippen molar-refractivity contribution in [2.24, 2.45) is 5.92 Å². The molecule has 1 aliphatic rings. The molecule has 0 radical (unpaired) electrons. The lowest BCUT2D eigenvalue weighted by molar-refractivity contribution is -0.139. The summed E-state index contributed by atoms with van der Waals surface area (Å²) in [5, 5.41) is 17.7. The number of phenols is 1. The molecule has 0 saturated carbocycles. The molecule has 0 bridgehead atoms. The second-order valence-electron chi connectivity index (χ2n) is 4.32. The van der Waals surface area contributed by atoms with E-state index >= 15 is 0 Å². The molecule has 2 N–H and O–H groups in total. The first kappa shape index (κ1) is 11.0. The molecule has 1 aromatic carbocycles. The third-order valence-corrected chi connectivity index (χ3v) is 2.84. The van der Waals surface area contributed by atoms with Gasteiger partial charge in [-0.1, -0.05) is 12.1 Å². The molecule has 1 fully saturated rings. The molecule has 4 heteroatoms. The number of hydrogen-bond acceptors (Lipinski definition) is 3. The Balaban J connectivity index is 1.77. The third kappa shape index (κ3) is 2.73. The van der Waals surface area contributed by atoms with Crippen molar-refractivity contribution in [2.75, 3.05) is 13.1 Å². The standard InChI is InChI=1S/C12H15NO3/c14-11-3-1-9(2-4-11)6-13-7-10(8-13)5-12(15)16/h1-4,10,14H,5-8H2,(H,15,16). The van der Waals surface area contributed by atoms with E-state index in [1.807, 2.05) is 12.1 Å². The van der Waals surface area contributed by atoms with Crippen LogP contribution in [0.2, 0.25) is 0 Å². The largest absolute Gasteiger partial charge is 0.508 e. The van der Waals surface area contributed by atoms with Gasteiger partial charge in [0, 0.05) is 19.6 Å². The molecule has 1 aromatic rings. The Morgan fingerprint density at radius 2 is 1.94 bits per heavy atom. The van der Waals surface area contributed by atoms with Crippen LogP contribution in [-0.2, 0) is 11.3 Å². The molecule has 16 heavy (non-hydrogen) atoms. The lowest BCUT2D eigenvalue weighted by atomic mass is 9.96. The Morgan fingerprint density at radius 1 is 1.31 bits per heavy atom. The number of phenolic OH excluding ortho intramolecular Hbond substituents is 1. The van der Waals surface area contributed by atoms with Gasteiger partial charge in [-0.2, -0.15) is 0 Å². The molecule has 1 aliphatic heterocycles. The van der Waals surface area contributed by atoms with E-state index in [-0.39, 0.29) is 12.2 Å². The first-order valence-corrected chi connectivity index (χ1v) is 5.35. The minimum atomic E-state index is -0.714. The topological polar surface area (TPSA) is 60.8 Å². The van der Waals surface area contributed by atoms with E-state index in [1.165, 1.54) is 0 Å². The summed E-state index contributed by atoms with van der Waals surface area (Å²) in [6.45, 7) is 2.54. The number of carbonyl (C=O) groups is 1. The van der Waals surface area contributed by atoms with Crippen molar-refractivity contribution in [3.8, 4) is 5.75 Å². The maximum atomic E-state index is 10.5. The number of likely N-dealkylation sites (tertiary alicyclic amines) is 1. The third-order valence-electron chi connectivity index (χ3n) is 2.84. The maximum absolute atomic E-state index is 10.5. The van der Waals surface area contributed by atoms with E-state index in [4.69, 9.17) is 10.2 Å². The second-order valence-corrected chi connectivity index (χ2v) is 4.32. The van der Waals surface area contributed by atoms with Crippen LogP contribution in [0.1, 0.15) is 12.0 Å². The SMILES string of the molecule is O=C(O)CC1CN(Cc2ccc(O)cc2)C1. The Morgan fingerprint density at radius 3 is 2.50 bits per heavy atom. The van der Waals surface area contributed by atoms with E-state index < -0.39 is 5.97 Å². The van der Waals surface area contributed by atoms with E-state index in [9.17, 15) is 4.79 Å². The second kappa shape index (κ2) is 4.53. The molecule has 4 nitrogen and oxygen atoms in total. The normalized spacial score (nSPS) is 17.0. The number of carboxylic acids is 1. The molecule has 1 heterocycles. The number of carboxylic acid groups (broad SMARTS) is 1. The van der Waals surface area contributed by atoms with Crippen LogP contribution >= 0.6 is 0 Å². The van der Waals surface area contributed by atoms with Gasteiger partial charge in [-0.05, 0) is 23.6 Å². The van der Waals surface area contributed by atoms with Crippen molar-refractivity contribution in [1.29, 1.82) is 0 Å². The van der Waals surface area contributed by atoms with Gasteiger partial charge in [-0.15, -0.1) is 0 Å². The molecule has 0 aromatic heterocycles. The molecule has 86 valence electrons. The fourth-order valence-electron chi connectivity index (χ4n) is 2.04. The average Bonchev–Trinajstić information content (AvgIpc) is 2.17. The highest BCUT2D eigenvalue weighted by Gasteiger charge is 2.28. The van der Waals surface area contributed by atoms with Crippen LogP contribution < -0.4 is 0 Å². The number of hydrogen-bond donors (Lipinski definition) is 2. The molecule has 2 rings (SSSR count). The summed E-state index contributed by atoms with van der Waals surface area (Å²) >= 11 is 0. The zero-order valence-electron chi connectivity index (χ0n) is 8.97. The maximum Gasteiger partial charge on any atom is 0.303 e. The molecule has 0 amide bonds. The predicted octanol–water partition coefficient (Wildman–Crippen LogP) is 1.30. The highest BCUT2D eigenvalue weighted by Crippen LogP contribution is 2.22. The van der Waals surface area contributed by atoms with Crippen LogP contribution in [0.4, 0.5) is 0 Å². The summed E-state index contributed by atoms with van der Waals surface area (Å²) in [6.07, 6.45) is 0.270. The van der Waals surface area contributed by atoms with Crippen LogP contribution in [0.25, 0.3) is 0 Å². The van der Waals surface area contributed by atoms with Gasteiger partial charge in [0.25, 0.3) is 0 Å². The molecule has 0 aliphatic carbocycles. The zero-order chi connectivity index (χ0) is 11.5. The monoisotopic (exact) mass is 221 g/mol. The lowest BCUT2D eigenvalue weighted by Gasteiger charge is -2.38. The Kier molecular flexibility index (Phi) is 3.10. The molecule has 0 atom stereocenters. The van der Waals surface area contributed by atoms with E-state index in [1.54, 1.807) is 12.1 Å². The predicted molar refractivity (Wildman–Crippen MR) is 59.1 cm³/mol. The van der Waals surface area contributed by atoms with Crippen molar-refractivity contribution in [3.63, 3.8) is 0 Å². The van der Waals surface area contributed by atoms with Crippen molar-refractivity contribution in [3.05, 3.63) is 29.8 Å². The van der Waals surface area contributed by atoms with Crippen molar-refractivity contribution >= 4 is 5.97 Å². The van der Waals surface area contributed by atoms with Crippen molar-refractivity contribution in [2.45, 2.75) is 13.0 Å². The van der Waals surface area contributed by atoms with Gasteiger partial charge in [0.1, 0.15) is 5.75 Å². The van der Waals surface area contributed by atoms with E-state index in [0.717, 1.165) is 25.2 Å². The molecular formula is C12H15NO3. The Hall–Kier alpha value is -1.55.